The van der Waals surface area contributed by atoms with Gasteiger partial charge in [0.05, 0.1) is 11.0 Å². The molecule has 0 radical (unpaired) electrons. The smallest absolute Gasteiger partial charge is 0.254 e. The van der Waals surface area contributed by atoms with Crippen LogP contribution in [0.25, 0.3) is 0 Å². The van der Waals surface area contributed by atoms with E-state index in [1.54, 1.807) is 36.2 Å². The first-order chi connectivity index (χ1) is 11.8. The molecule has 0 aromatic heterocycles. The van der Waals surface area contributed by atoms with Crippen LogP contribution in [0, 0.1) is 0 Å². The summed E-state index contributed by atoms with van der Waals surface area (Å²) in [6.45, 7) is 3.70. The summed E-state index contributed by atoms with van der Waals surface area (Å²) >= 11 is 0. The minimum atomic E-state index is -3.09. The number of benzene rings is 1. The van der Waals surface area contributed by atoms with Gasteiger partial charge in [-0.1, -0.05) is 6.58 Å². The van der Waals surface area contributed by atoms with Gasteiger partial charge in [0.2, 0.25) is 5.91 Å². The second-order valence-electron chi connectivity index (χ2n) is 6.55. The molecule has 3 rings (SSSR count). The molecule has 1 saturated heterocycles. The molecule has 0 spiro atoms. The number of sulfone groups is 1. The van der Waals surface area contributed by atoms with Gasteiger partial charge < -0.3 is 9.80 Å². The average Bonchev–Trinajstić information content (AvgIpc) is 3.11. The van der Waals surface area contributed by atoms with Gasteiger partial charge in [0, 0.05) is 30.9 Å². The van der Waals surface area contributed by atoms with E-state index in [1.807, 2.05) is 0 Å². The van der Waals surface area contributed by atoms with Gasteiger partial charge in [0.25, 0.3) is 5.91 Å². The van der Waals surface area contributed by atoms with E-state index in [2.05, 4.69) is 6.58 Å². The van der Waals surface area contributed by atoms with E-state index in [1.165, 1.54) is 11.0 Å². The molecular formula is C18H22N2O4S. The van der Waals surface area contributed by atoms with Crippen molar-refractivity contribution in [2.24, 2.45) is 0 Å². The Kier molecular flexibility index (Phi) is 4.69. The number of nitrogens with zero attached hydrogens (tertiary/aromatic N) is 2. The molecule has 2 amide bonds. The van der Waals surface area contributed by atoms with Gasteiger partial charge in [-0.15, -0.1) is 0 Å². The van der Waals surface area contributed by atoms with Crippen molar-refractivity contribution < 1.29 is 18.0 Å². The Morgan fingerprint density at radius 1 is 1.24 bits per heavy atom. The molecule has 6 nitrogen and oxygen atoms in total. The Balaban J connectivity index is 1.79. The van der Waals surface area contributed by atoms with Gasteiger partial charge >= 0.3 is 0 Å². The predicted octanol–water partition coefficient (Wildman–Crippen LogP) is 1.63. The van der Waals surface area contributed by atoms with Crippen molar-refractivity contribution in [1.82, 2.24) is 4.90 Å². The van der Waals surface area contributed by atoms with Crippen molar-refractivity contribution in [3.05, 3.63) is 42.5 Å². The predicted molar refractivity (Wildman–Crippen MR) is 96.3 cm³/mol. The SMILES string of the molecule is C=CC(=O)N(C)c1ccc(C(=O)N2CCS(=O)(=O)C3CCCC32)cc1. The molecule has 1 aliphatic carbocycles. The lowest BCUT2D eigenvalue weighted by Gasteiger charge is -2.37. The standard InChI is InChI=1S/C18H22N2O4S/c1-3-17(21)19(2)14-9-7-13(8-10-14)18(22)20-11-12-25(23,24)16-6-4-5-15(16)20/h3,7-10,15-16H,1,4-6,11-12H2,2H3. The van der Waals surface area contributed by atoms with Gasteiger partial charge in [0.15, 0.2) is 9.84 Å². The van der Waals surface area contributed by atoms with Crippen molar-refractivity contribution >= 4 is 27.3 Å². The highest BCUT2D eigenvalue weighted by Crippen LogP contribution is 2.34. The van der Waals surface area contributed by atoms with Crippen LogP contribution in [0.3, 0.4) is 0 Å². The van der Waals surface area contributed by atoms with Gasteiger partial charge in [-0.3, -0.25) is 9.59 Å². The van der Waals surface area contributed by atoms with E-state index in [4.69, 9.17) is 0 Å². The summed E-state index contributed by atoms with van der Waals surface area (Å²) in [5.41, 5.74) is 1.18. The molecule has 25 heavy (non-hydrogen) atoms. The number of carbonyl (C=O) groups excluding carboxylic acids is 2. The Hall–Kier alpha value is -2.15. The molecule has 7 heteroatoms. The lowest BCUT2D eigenvalue weighted by molar-refractivity contribution is -0.113. The topological polar surface area (TPSA) is 74.8 Å². The molecular weight excluding hydrogens is 340 g/mol. The number of anilines is 1. The van der Waals surface area contributed by atoms with E-state index in [9.17, 15) is 18.0 Å². The zero-order valence-corrected chi connectivity index (χ0v) is 15.0. The maximum atomic E-state index is 12.9. The van der Waals surface area contributed by atoms with Crippen LogP contribution in [0.4, 0.5) is 5.69 Å². The fourth-order valence-electron chi connectivity index (χ4n) is 3.73. The maximum Gasteiger partial charge on any atom is 0.254 e. The third-order valence-corrected chi connectivity index (χ3v) is 7.39. The van der Waals surface area contributed by atoms with E-state index < -0.39 is 15.1 Å². The van der Waals surface area contributed by atoms with Crippen LogP contribution in [0.2, 0.25) is 0 Å². The fraction of sp³-hybridized carbons (Fsp3) is 0.444. The van der Waals surface area contributed by atoms with Crippen LogP contribution >= 0.6 is 0 Å². The maximum absolute atomic E-state index is 12.9. The highest BCUT2D eigenvalue weighted by molar-refractivity contribution is 7.92. The highest BCUT2D eigenvalue weighted by atomic mass is 32.2. The van der Waals surface area contributed by atoms with Crippen molar-refractivity contribution in [2.45, 2.75) is 30.6 Å². The number of carbonyl (C=O) groups is 2. The summed E-state index contributed by atoms with van der Waals surface area (Å²) in [7, 11) is -1.45. The van der Waals surface area contributed by atoms with Crippen LogP contribution in [0.15, 0.2) is 36.9 Å². The molecule has 1 saturated carbocycles. The molecule has 0 N–H and O–H groups in total. The quantitative estimate of drug-likeness (QED) is 0.766. The molecule has 2 atom stereocenters. The zero-order chi connectivity index (χ0) is 18.2. The van der Waals surface area contributed by atoms with Gasteiger partial charge in [0.1, 0.15) is 0 Å². The number of hydrogen-bond acceptors (Lipinski definition) is 4. The van der Waals surface area contributed by atoms with Crippen molar-refractivity contribution in [2.75, 3.05) is 24.2 Å². The van der Waals surface area contributed by atoms with Crippen LogP contribution in [0.5, 0.6) is 0 Å². The third-order valence-electron chi connectivity index (χ3n) is 5.16. The monoisotopic (exact) mass is 362 g/mol. The first kappa shape index (κ1) is 17.7. The largest absolute Gasteiger partial charge is 0.333 e. The molecule has 2 aliphatic rings. The summed E-state index contributed by atoms with van der Waals surface area (Å²) in [5.74, 6) is -0.334. The highest BCUT2D eigenvalue weighted by Gasteiger charge is 2.45. The van der Waals surface area contributed by atoms with E-state index in [0.717, 1.165) is 12.8 Å². The van der Waals surface area contributed by atoms with E-state index >= 15 is 0 Å². The number of likely N-dealkylation sites (N-methyl/N-ethyl adjacent to an activating group) is 1. The lowest BCUT2D eigenvalue weighted by Crippen LogP contribution is -2.54. The van der Waals surface area contributed by atoms with Crippen molar-refractivity contribution in [1.29, 1.82) is 0 Å². The lowest BCUT2D eigenvalue weighted by atomic mass is 10.1. The second kappa shape index (κ2) is 6.63. The Labute approximate surface area is 148 Å². The zero-order valence-electron chi connectivity index (χ0n) is 14.2. The minimum absolute atomic E-state index is 0.0363. The van der Waals surface area contributed by atoms with E-state index in [0.29, 0.717) is 17.7 Å². The van der Waals surface area contributed by atoms with Gasteiger partial charge in [-0.05, 0) is 49.6 Å². The van der Waals surface area contributed by atoms with E-state index in [-0.39, 0.29) is 30.2 Å². The summed E-state index contributed by atoms with van der Waals surface area (Å²) in [6, 6.07) is 6.56. The summed E-state index contributed by atoms with van der Waals surface area (Å²) in [5, 5.41) is -0.416. The van der Waals surface area contributed by atoms with Gasteiger partial charge in [-0.25, -0.2) is 8.42 Å². The summed E-state index contributed by atoms with van der Waals surface area (Å²) < 4.78 is 24.4. The molecule has 134 valence electrons. The Bertz CT molecular complexity index is 801. The average molecular weight is 362 g/mol. The molecule has 1 aromatic carbocycles. The second-order valence-corrected chi connectivity index (χ2v) is 8.89. The van der Waals surface area contributed by atoms with Gasteiger partial charge in [-0.2, -0.15) is 0 Å². The van der Waals surface area contributed by atoms with Crippen LogP contribution in [-0.4, -0.2) is 55.8 Å². The third kappa shape index (κ3) is 3.20. The van der Waals surface area contributed by atoms with Crippen molar-refractivity contribution in [3.63, 3.8) is 0 Å². The number of amides is 2. The fourth-order valence-corrected chi connectivity index (χ4v) is 5.78. The molecule has 2 fully saturated rings. The van der Waals surface area contributed by atoms with Crippen LogP contribution < -0.4 is 4.90 Å². The number of rotatable bonds is 3. The normalized spacial score (nSPS) is 24.4. The Morgan fingerprint density at radius 3 is 2.56 bits per heavy atom. The van der Waals surface area contributed by atoms with Crippen LogP contribution in [0.1, 0.15) is 29.6 Å². The molecule has 1 aliphatic heterocycles. The molecule has 0 bridgehead atoms. The summed E-state index contributed by atoms with van der Waals surface area (Å²) in [6.07, 6.45) is 3.45. The summed E-state index contributed by atoms with van der Waals surface area (Å²) in [4.78, 5) is 27.7. The first-order valence-electron chi connectivity index (χ1n) is 8.38. The Morgan fingerprint density at radius 2 is 1.92 bits per heavy atom. The molecule has 1 heterocycles. The minimum Gasteiger partial charge on any atom is -0.333 e. The van der Waals surface area contributed by atoms with Crippen LogP contribution in [-0.2, 0) is 14.6 Å². The molecule has 2 unspecified atom stereocenters. The van der Waals surface area contributed by atoms with Crippen molar-refractivity contribution in [3.8, 4) is 0 Å². The molecule has 1 aromatic rings. The number of hydrogen-bond donors (Lipinski definition) is 0. The number of fused-ring (bicyclic) bond motifs is 1. The first-order valence-corrected chi connectivity index (χ1v) is 10.1.